The number of rotatable bonds is 5. The summed E-state index contributed by atoms with van der Waals surface area (Å²) in [5, 5.41) is 18.1. The number of hydrogen-bond acceptors (Lipinski definition) is 4. The van der Waals surface area contributed by atoms with E-state index in [-0.39, 0.29) is 0 Å². The van der Waals surface area contributed by atoms with Crippen LogP contribution in [-0.4, -0.2) is 33.3 Å². The highest BCUT2D eigenvalue weighted by molar-refractivity contribution is 6.58. The molecule has 0 spiro atoms. The molecule has 0 aliphatic rings. The third-order valence-electron chi connectivity index (χ3n) is 3.00. The zero-order valence-electron chi connectivity index (χ0n) is 11.1. The molecule has 2 aromatic rings. The molecule has 2 rings (SSSR count). The van der Waals surface area contributed by atoms with Crippen LogP contribution in [0.2, 0.25) is 0 Å². The van der Waals surface area contributed by atoms with Gasteiger partial charge in [0.05, 0.1) is 6.61 Å². The first-order chi connectivity index (χ1) is 9.08. The lowest BCUT2D eigenvalue weighted by Gasteiger charge is -2.10. The van der Waals surface area contributed by atoms with Gasteiger partial charge in [0, 0.05) is 25.9 Å². The highest BCUT2D eigenvalue weighted by Crippen LogP contribution is 2.15. The van der Waals surface area contributed by atoms with Crippen LogP contribution < -0.4 is 10.2 Å². The molecule has 100 valence electrons. The maximum atomic E-state index is 9.07. The summed E-state index contributed by atoms with van der Waals surface area (Å²) in [7, 11) is 0.505. The Morgan fingerprint density at radius 1 is 1.37 bits per heavy atom. The highest BCUT2D eigenvalue weighted by atomic mass is 16.5. The molecule has 6 heteroatoms. The molecular formula is C13H17BN2O3. The molecule has 19 heavy (non-hydrogen) atoms. The average Bonchev–Trinajstić information content (AvgIpc) is 2.77. The van der Waals surface area contributed by atoms with Gasteiger partial charge in [-0.25, -0.2) is 4.98 Å². The number of nitrogens with zero attached hydrogens (tertiary/aromatic N) is 2. The van der Waals surface area contributed by atoms with E-state index < -0.39 is 7.12 Å². The van der Waals surface area contributed by atoms with Crippen molar-refractivity contribution in [2.75, 3.05) is 6.61 Å². The topological polar surface area (TPSA) is 67.5 Å². The van der Waals surface area contributed by atoms with Gasteiger partial charge in [-0.15, -0.1) is 0 Å². The van der Waals surface area contributed by atoms with Crippen molar-refractivity contribution in [1.29, 1.82) is 0 Å². The van der Waals surface area contributed by atoms with E-state index in [0.29, 0.717) is 12.1 Å². The van der Waals surface area contributed by atoms with Gasteiger partial charge in [0.25, 0.3) is 0 Å². The van der Waals surface area contributed by atoms with E-state index >= 15 is 0 Å². The van der Waals surface area contributed by atoms with Crippen molar-refractivity contribution in [3.05, 3.63) is 42.0 Å². The van der Waals surface area contributed by atoms with Crippen molar-refractivity contribution in [2.24, 2.45) is 7.05 Å². The SMILES string of the molecule is Cc1cc(B(O)O)ccc1OCCc1nccn1C. The smallest absolute Gasteiger partial charge is 0.488 e. The van der Waals surface area contributed by atoms with Crippen LogP contribution in [0.4, 0.5) is 0 Å². The van der Waals surface area contributed by atoms with Crippen LogP contribution in [0, 0.1) is 6.92 Å². The zero-order valence-corrected chi connectivity index (χ0v) is 11.1. The Morgan fingerprint density at radius 3 is 2.74 bits per heavy atom. The Hall–Kier alpha value is -1.79. The lowest BCUT2D eigenvalue weighted by molar-refractivity contribution is 0.315. The highest BCUT2D eigenvalue weighted by Gasteiger charge is 2.12. The molecule has 0 aliphatic carbocycles. The molecule has 5 nitrogen and oxygen atoms in total. The third kappa shape index (κ3) is 3.36. The first kappa shape index (κ1) is 13.6. The van der Waals surface area contributed by atoms with Gasteiger partial charge >= 0.3 is 7.12 Å². The molecule has 1 aromatic heterocycles. The molecule has 0 bridgehead atoms. The molecule has 0 fully saturated rings. The number of ether oxygens (including phenoxy) is 1. The Morgan fingerprint density at radius 2 is 2.16 bits per heavy atom. The molecule has 0 atom stereocenters. The molecule has 0 saturated heterocycles. The molecule has 1 heterocycles. The largest absolute Gasteiger partial charge is 0.493 e. The van der Waals surface area contributed by atoms with Gasteiger partial charge < -0.3 is 19.4 Å². The van der Waals surface area contributed by atoms with Crippen LogP contribution in [0.3, 0.4) is 0 Å². The molecule has 2 N–H and O–H groups in total. The van der Waals surface area contributed by atoms with Crippen LogP contribution >= 0.6 is 0 Å². The van der Waals surface area contributed by atoms with Gasteiger partial charge in [-0.2, -0.15) is 0 Å². The summed E-state index contributed by atoms with van der Waals surface area (Å²) in [5.41, 5.74) is 1.35. The minimum absolute atomic E-state index is 0.467. The van der Waals surface area contributed by atoms with E-state index in [1.54, 1.807) is 24.4 Å². The van der Waals surface area contributed by atoms with E-state index in [2.05, 4.69) is 4.98 Å². The predicted octanol–water partition coefficient (Wildman–Crippen LogP) is 0.0298. The molecule has 0 aliphatic heterocycles. The van der Waals surface area contributed by atoms with Crippen molar-refractivity contribution in [3.8, 4) is 5.75 Å². The first-order valence-electron chi connectivity index (χ1n) is 6.13. The van der Waals surface area contributed by atoms with E-state index in [1.165, 1.54) is 0 Å². The van der Waals surface area contributed by atoms with Gasteiger partial charge in [-0.05, 0) is 24.0 Å². The van der Waals surface area contributed by atoms with E-state index in [4.69, 9.17) is 14.8 Å². The van der Waals surface area contributed by atoms with Crippen LogP contribution in [0.15, 0.2) is 30.6 Å². The van der Waals surface area contributed by atoms with Crippen LogP contribution in [0.5, 0.6) is 5.75 Å². The normalized spacial score (nSPS) is 10.5. The van der Waals surface area contributed by atoms with E-state index in [1.807, 2.05) is 24.7 Å². The fourth-order valence-corrected chi connectivity index (χ4v) is 1.88. The molecule has 1 aromatic carbocycles. The van der Waals surface area contributed by atoms with Gasteiger partial charge in [0.2, 0.25) is 0 Å². The second kappa shape index (κ2) is 5.90. The molecular weight excluding hydrogens is 243 g/mol. The fraction of sp³-hybridized carbons (Fsp3) is 0.308. The summed E-state index contributed by atoms with van der Waals surface area (Å²) in [4.78, 5) is 4.22. The molecule has 0 saturated carbocycles. The number of aromatic nitrogens is 2. The Kier molecular flexibility index (Phi) is 4.24. The molecule has 0 amide bonds. The van der Waals surface area contributed by atoms with Crippen LogP contribution in [0.25, 0.3) is 0 Å². The summed E-state index contributed by atoms with van der Waals surface area (Å²) < 4.78 is 7.64. The van der Waals surface area contributed by atoms with E-state index in [9.17, 15) is 0 Å². The van der Waals surface area contributed by atoms with Crippen molar-refractivity contribution in [1.82, 2.24) is 9.55 Å². The summed E-state index contributed by atoms with van der Waals surface area (Å²) in [6.45, 7) is 2.41. The van der Waals surface area contributed by atoms with Gasteiger partial charge in [0.1, 0.15) is 11.6 Å². The summed E-state index contributed by atoms with van der Waals surface area (Å²) >= 11 is 0. The number of aryl methyl sites for hydroxylation is 2. The van der Waals surface area contributed by atoms with E-state index in [0.717, 1.165) is 23.6 Å². The Bertz CT molecular complexity index is 555. The van der Waals surface area contributed by atoms with Crippen molar-refractivity contribution >= 4 is 12.6 Å². The monoisotopic (exact) mass is 260 g/mol. The summed E-state index contributed by atoms with van der Waals surface area (Å²) in [5.74, 6) is 1.72. The lowest BCUT2D eigenvalue weighted by Crippen LogP contribution is -2.29. The first-order valence-corrected chi connectivity index (χ1v) is 6.13. The van der Waals surface area contributed by atoms with Crippen molar-refractivity contribution < 1.29 is 14.8 Å². The summed E-state index contributed by atoms with van der Waals surface area (Å²) in [6, 6.07) is 5.11. The number of imidazole rings is 1. The van der Waals surface area contributed by atoms with Crippen LogP contribution in [0.1, 0.15) is 11.4 Å². The average molecular weight is 260 g/mol. The Balaban J connectivity index is 1.95. The van der Waals surface area contributed by atoms with Crippen LogP contribution in [-0.2, 0) is 13.5 Å². The standard InChI is InChI=1S/C13H17BN2O3/c1-10-9-11(14(17)18)3-4-12(10)19-8-5-13-15-6-7-16(13)2/h3-4,6-7,9,17-18H,5,8H2,1-2H3. The maximum absolute atomic E-state index is 9.07. The third-order valence-corrected chi connectivity index (χ3v) is 3.00. The quantitative estimate of drug-likeness (QED) is 0.744. The second-order valence-electron chi connectivity index (χ2n) is 4.45. The maximum Gasteiger partial charge on any atom is 0.488 e. The molecule has 0 radical (unpaired) electrons. The Labute approximate surface area is 112 Å². The number of hydrogen-bond donors (Lipinski definition) is 2. The number of benzene rings is 1. The van der Waals surface area contributed by atoms with Gasteiger partial charge in [0.15, 0.2) is 0 Å². The van der Waals surface area contributed by atoms with Gasteiger partial charge in [-0.3, -0.25) is 0 Å². The zero-order chi connectivity index (χ0) is 13.8. The van der Waals surface area contributed by atoms with Gasteiger partial charge in [-0.1, -0.05) is 12.1 Å². The minimum atomic E-state index is -1.44. The molecule has 0 unspecified atom stereocenters. The van der Waals surface area contributed by atoms with Crippen molar-refractivity contribution in [2.45, 2.75) is 13.3 Å². The van der Waals surface area contributed by atoms with Crippen molar-refractivity contribution in [3.63, 3.8) is 0 Å². The predicted molar refractivity (Wildman–Crippen MR) is 73.4 cm³/mol. The summed E-state index contributed by atoms with van der Waals surface area (Å²) in [6.07, 6.45) is 4.39. The fourth-order valence-electron chi connectivity index (χ4n) is 1.88. The second-order valence-corrected chi connectivity index (χ2v) is 4.45. The minimum Gasteiger partial charge on any atom is -0.493 e. The lowest BCUT2D eigenvalue weighted by atomic mass is 9.79.